The van der Waals surface area contributed by atoms with E-state index in [1.807, 2.05) is 6.07 Å². The minimum absolute atomic E-state index is 0.169. The standard InChI is InChI=1S/C37H49FO/c1-7-27-22-33(23-28(8-2)36(27)39-25-37(9-3,10-4)11-5)34-21-20-32(24-35(34)38)31-18-16-30(17-19-31)29-14-12-26(6)13-15-29/h16-24,26,29H,7-15,25H2,1-6H3. The molecule has 4 rings (SSSR count). The van der Waals surface area contributed by atoms with E-state index >= 15 is 4.39 Å². The lowest BCUT2D eigenvalue weighted by molar-refractivity contribution is 0.126. The minimum atomic E-state index is -0.169. The van der Waals surface area contributed by atoms with Gasteiger partial charge in [0.25, 0.3) is 0 Å². The first-order valence-electron chi connectivity index (χ1n) is 15.6. The predicted octanol–water partition coefficient (Wildman–Crippen LogP) is 11.2. The molecule has 0 bridgehead atoms. The van der Waals surface area contributed by atoms with E-state index in [0.29, 0.717) is 11.5 Å². The Balaban J connectivity index is 1.57. The van der Waals surface area contributed by atoms with E-state index in [-0.39, 0.29) is 11.2 Å². The molecule has 0 N–H and O–H groups in total. The monoisotopic (exact) mass is 528 g/mol. The second-order valence-electron chi connectivity index (χ2n) is 12.0. The van der Waals surface area contributed by atoms with Crippen LogP contribution in [0.1, 0.15) is 109 Å². The molecule has 3 aromatic rings. The molecule has 0 heterocycles. The Hall–Kier alpha value is -2.61. The van der Waals surface area contributed by atoms with Crippen molar-refractivity contribution in [2.24, 2.45) is 11.3 Å². The van der Waals surface area contributed by atoms with Crippen molar-refractivity contribution in [1.29, 1.82) is 0 Å². The highest BCUT2D eigenvalue weighted by Gasteiger charge is 2.26. The third-order valence-electron chi connectivity index (χ3n) is 9.79. The Bertz CT molecular complexity index is 1180. The predicted molar refractivity (Wildman–Crippen MR) is 165 cm³/mol. The molecule has 1 fully saturated rings. The summed E-state index contributed by atoms with van der Waals surface area (Å²) in [4.78, 5) is 0. The van der Waals surface area contributed by atoms with Crippen LogP contribution in [0.3, 0.4) is 0 Å². The first kappa shape index (κ1) is 29.4. The molecule has 0 unspecified atom stereocenters. The number of ether oxygens (including phenoxy) is 1. The van der Waals surface area contributed by atoms with Gasteiger partial charge in [0, 0.05) is 11.0 Å². The summed E-state index contributed by atoms with van der Waals surface area (Å²) in [6.07, 6.45) is 10.3. The molecule has 0 spiro atoms. The Morgan fingerprint density at radius 2 is 1.28 bits per heavy atom. The van der Waals surface area contributed by atoms with Gasteiger partial charge in [0.05, 0.1) is 6.61 Å². The largest absolute Gasteiger partial charge is 0.492 e. The van der Waals surface area contributed by atoms with Crippen LogP contribution in [-0.4, -0.2) is 6.61 Å². The van der Waals surface area contributed by atoms with Crippen molar-refractivity contribution < 1.29 is 9.13 Å². The maximum Gasteiger partial charge on any atom is 0.131 e. The number of halogens is 1. The zero-order valence-electron chi connectivity index (χ0n) is 25.2. The molecular formula is C37H49FO. The summed E-state index contributed by atoms with van der Waals surface area (Å²) < 4.78 is 22.2. The fourth-order valence-corrected chi connectivity index (χ4v) is 6.37. The van der Waals surface area contributed by atoms with Gasteiger partial charge in [-0.1, -0.05) is 90.8 Å². The summed E-state index contributed by atoms with van der Waals surface area (Å²) in [5.41, 5.74) is 7.58. The van der Waals surface area contributed by atoms with E-state index in [1.54, 1.807) is 6.07 Å². The normalized spacial score (nSPS) is 17.8. The number of benzene rings is 3. The van der Waals surface area contributed by atoms with Gasteiger partial charge in [-0.2, -0.15) is 0 Å². The molecule has 1 nitrogen and oxygen atoms in total. The molecule has 0 radical (unpaired) electrons. The maximum absolute atomic E-state index is 15.6. The molecular weight excluding hydrogens is 479 g/mol. The van der Waals surface area contributed by atoms with Gasteiger partial charge in [-0.25, -0.2) is 4.39 Å². The highest BCUT2D eigenvalue weighted by Crippen LogP contribution is 2.39. The van der Waals surface area contributed by atoms with Crippen LogP contribution in [0.2, 0.25) is 0 Å². The van der Waals surface area contributed by atoms with Crippen molar-refractivity contribution in [1.82, 2.24) is 0 Å². The summed E-state index contributed by atoms with van der Waals surface area (Å²) in [6, 6.07) is 18.8. The molecule has 1 aliphatic rings. The molecule has 0 saturated heterocycles. The van der Waals surface area contributed by atoms with E-state index < -0.39 is 0 Å². The van der Waals surface area contributed by atoms with Crippen molar-refractivity contribution in [3.8, 4) is 28.0 Å². The molecule has 3 aromatic carbocycles. The van der Waals surface area contributed by atoms with Crippen LogP contribution in [0.4, 0.5) is 4.39 Å². The average Bonchev–Trinajstić information content (AvgIpc) is 2.98. The first-order chi connectivity index (χ1) is 18.9. The van der Waals surface area contributed by atoms with Gasteiger partial charge in [0.15, 0.2) is 0 Å². The quantitative estimate of drug-likeness (QED) is 0.240. The second-order valence-corrected chi connectivity index (χ2v) is 12.0. The van der Waals surface area contributed by atoms with Crippen molar-refractivity contribution in [3.05, 3.63) is 77.1 Å². The highest BCUT2D eigenvalue weighted by molar-refractivity contribution is 5.73. The van der Waals surface area contributed by atoms with Crippen molar-refractivity contribution in [2.75, 3.05) is 6.61 Å². The average molecular weight is 529 g/mol. The van der Waals surface area contributed by atoms with Crippen molar-refractivity contribution in [3.63, 3.8) is 0 Å². The third kappa shape index (κ3) is 6.59. The van der Waals surface area contributed by atoms with Crippen molar-refractivity contribution >= 4 is 0 Å². The Kier molecular flexibility index (Phi) is 9.91. The molecule has 1 aliphatic carbocycles. The van der Waals surface area contributed by atoms with Crippen LogP contribution < -0.4 is 4.74 Å². The zero-order valence-corrected chi connectivity index (χ0v) is 25.2. The van der Waals surface area contributed by atoms with Gasteiger partial charge in [-0.3, -0.25) is 0 Å². The van der Waals surface area contributed by atoms with Crippen LogP contribution in [0.5, 0.6) is 5.75 Å². The smallest absolute Gasteiger partial charge is 0.131 e. The molecule has 0 aromatic heterocycles. The van der Waals surface area contributed by atoms with Gasteiger partial charge in [0.2, 0.25) is 0 Å². The number of hydrogen-bond donors (Lipinski definition) is 0. The fraction of sp³-hybridized carbons (Fsp3) is 0.514. The van der Waals surface area contributed by atoms with Crippen LogP contribution >= 0.6 is 0 Å². The summed E-state index contributed by atoms with van der Waals surface area (Å²) >= 11 is 0. The summed E-state index contributed by atoms with van der Waals surface area (Å²) in [5.74, 6) is 2.37. The Labute approximate surface area is 237 Å². The maximum atomic E-state index is 15.6. The Morgan fingerprint density at radius 3 is 1.79 bits per heavy atom. The van der Waals surface area contributed by atoms with E-state index in [9.17, 15) is 0 Å². The first-order valence-corrected chi connectivity index (χ1v) is 15.6. The fourth-order valence-electron chi connectivity index (χ4n) is 6.37. The van der Waals surface area contributed by atoms with Crippen LogP contribution in [0.25, 0.3) is 22.3 Å². The van der Waals surface area contributed by atoms with Gasteiger partial charge >= 0.3 is 0 Å². The number of rotatable bonds is 11. The molecule has 1 saturated carbocycles. The summed E-state index contributed by atoms with van der Waals surface area (Å²) in [7, 11) is 0. The van der Waals surface area contributed by atoms with E-state index in [1.165, 1.54) is 31.2 Å². The molecule has 2 heteroatoms. The van der Waals surface area contributed by atoms with E-state index in [0.717, 1.165) is 78.2 Å². The summed E-state index contributed by atoms with van der Waals surface area (Å²) in [6.45, 7) is 14.2. The minimum Gasteiger partial charge on any atom is -0.492 e. The molecule has 39 heavy (non-hydrogen) atoms. The van der Waals surface area contributed by atoms with Gasteiger partial charge < -0.3 is 4.74 Å². The molecule has 210 valence electrons. The van der Waals surface area contributed by atoms with Crippen LogP contribution in [-0.2, 0) is 12.8 Å². The zero-order chi connectivity index (χ0) is 28.0. The van der Waals surface area contributed by atoms with E-state index in [4.69, 9.17) is 4.74 Å². The lowest BCUT2D eigenvalue weighted by atomic mass is 9.79. The SMILES string of the molecule is CCc1cc(-c2ccc(-c3ccc(C4CCC(C)CC4)cc3)cc2F)cc(CC)c1OCC(CC)(CC)CC. The lowest BCUT2D eigenvalue weighted by Gasteiger charge is -2.31. The molecule has 0 atom stereocenters. The Morgan fingerprint density at radius 1 is 0.718 bits per heavy atom. The molecule has 0 amide bonds. The summed E-state index contributed by atoms with van der Waals surface area (Å²) in [5, 5.41) is 0. The number of aryl methyl sites for hydroxylation is 2. The van der Waals surface area contributed by atoms with Crippen molar-refractivity contribution in [2.45, 2.75) is 105 Å². The van der Waals surface area contributed by atoms with Gasteiger partial charge in [-0.05, 0) is 108 Å². The third-order valence-corrected chi connectivity index (χ3v) is 9.79. The number of hydrogen-bond acceptors (Lipinski definition) is 1. The van der Waals surface area contributed by atoms with Crippen LogP contribution in [0.15, 0.2) is 54.6 Å². The van der Waals surface area contributed by atoms with E-state index in [2.05, 4.69) is 84.0 Å². The molecule has 0 aliphatic heterocycles. The topological polar surface area (TPSA) is 9.23 Å². The second kappa shape index (κ2) is 13.2. The lowest BCUT2D eigenvalue weighted by Crippen LogP contribution is -2.27. The highest BCUT2D eigenvalue weighted by atomic mass is 19.1. The van der Waals surface area contributed by atoms with Gasteiger partial charge in [0.1, 0.15) is 11.6 Å². The van der Waals surface area contributed by atoms with Gasteiger partial charge in [-0.15, -0.1) is 0 Å². The van der Waals surface area contributed by atoms with Crippen LogP contribution in [0, 0.1) is 17.2 Å².